The minimum absolute atomic E-state index is 0.0448. The second-order valence-corrected chi connectivity index (χ2v) is 4.73. The van der Waals surface area contributed by atoms with Gasteiger partial charge in [0.15, 0.2) is 17.3 Å². The number of methoxy groups -OCH3 is 2. The summed E-state index contributed by atoms with van der Waals surface area (Å²) in [4.78, 5) is 28.1. The molecule has 128 valence electrons. The molecular weight excluding hydrogens is 328 g/mol. The van der Waals surface area contributed by atoms with Crippen molar-refractivity contribution >= 4 is 5.91 Å². The number of amides is 1. The van der Waals surface area contributed by atoms with Crippen molar-refractivity contribution in [1.29, 1.82) is 0 Å². The quantitative estimate of drug-likeness (QED) is 0.694. The summed E-state index contributed by atoms with van der Waals surface area (Å²) in [6.45, 7) is 0.0448. The van der Waals surface area contributed by atoms with Gasteiger partial charge in [0.25, 0.3) is 5.91 Å². The van der Waals surface area contributed by atoms with Crippen LogP contribution >= 0.6 is 0 Å². The van der Waals surface area contributed by atoms with Gasteiger partial charge in [-0.1, -0.05) is 5.16 Å². The van der Waals surface area contributed by atoms with Crippen LogP contribution in [0.1, 0.15) is 16.3 Å². The van der Waals surface area contributed by atoms with Crippen LogP contribution in [0.2, 0.25) is 0 Å². The van der Waals surface area contributed by atoms with Crippen LogP contribution in [0, 0.1) is 0 Å². The van der Waals surface area contributed by atoms with Crippen LogP contribution in [0.15, 0.2) is 35.1 Å². The Hall–Kier alpha value is -3.56. The lowest BCUT2D eigenvalue weighted by Crippen LogP contribution is -2.24. The van der Waals surface area contributed by atoms with Crippen LogP contribution in [0.5, 0.6) is 12.0 Å². The lowest BCUT2D eigenvalue weighted by Gasteiger charge is -2.05. The Kier molecular flexibility index (Phi) is 4.79. The van der Waals surface area contributed by atoms with E-state index < -0.39 is 5.91 Å². The lowest BCUT2D eigenvalue weighted by molar-refractivity contribution is 0.0940. The molecule has 0 saturated carbocycles. The fourth-order valence-corrected chi connectivity index (χ4v) is 1.92. The minimum Gasteiger partial charge on any atom is -0.467 e. The van der Waals surface area contributed by atoms with Crippen molar-refractivity contribution in [3.63, 3.8) is 0 Å². The van der Waals surface area contributed by atoms with Gasteiger partial charge in [0, 0.05) is 24.0 Å². The number of aromatic nitrogens is 5. The van der Waals surface area contributed by atoms with Gasteiger partial charge in [-0.3, -0.25) is 9.78 Å². The molecule has 0 fully saturated rings. The van der Waals surface area contributed by atoms with Gasteiger partial charge in [-0.25, -0.2) is 0 Å². The van der Waals surface area contributed by atoms with E-state index in [1.165, 1.54) is 20.3 Å². The highest BCUT2D eigenvalue weighted by molar-refractivity contribution is 5.92. The zero-order valence-corrected chi connectivity index (χ0v) is 13.5. The van der Waals surface area contributed by atoms with Crippen molar-refractivity contribution in [3.8, 4) is 23.3 Å². The van der Waals surface area contributed by atoms with E-state index in [4.69, 9.17) is 14.0 Å². The maximum Gasteiger partial charge on any atom is 0.322 e. The highest BCUT2D eigenvalue weighted by Gasteiger charge is 2.15. The third-order valence-corrected chi connectivity index (χ3v) is 3.10. The second kappa shape index (κ2) is 7.34. The van der Waals surface area contributed by atoms with Crippen LogP contribution < -0.4 is 14.8 Å². The Morgan fingerprint density at radius 2 is 1.96 bits per heavy atom. The van der Waals surface area contributed by atoms with Crippen molar-refractivity contribution in [2.24, 2.45) is 0 Å². The third kappa shape index (κ3) is 3.86. The van der Waals surface area contributed by atoms with E-state index in [0.717, 1.165) is 5.56 Å². The van der Waals surface area contributed by atoms with Gasteiger partial charge in [0.2, 0.25) is 0 Å². The minimum atomic E-state index is -0.433. The van der Waals surface area contributed by atoms with Gasteiger partial charge < -0.3 is 19.3 Å². The van der Waals surface area contributed by atoms with Crippen molar-refractivity contribution < 1.29 is 18.8 Å². The van der Waals surface area contributed by atoms with Gasteiger partial charge >= 0.3 is 12.0 Å². The molecule has 0 aromatic carbocycles. The summed E-state index contributed by atoms with van der Waals surface area (Å²) >= 11 is 0. The average molecular weight is 342 g/mol. The topological polar surface area (TPSA) is 125 Å². The number of pyridine rings is 1. The first-order chi connectivity index (χ1) is 12.2. The molecule has 1 amide bonds. The Morgan fingerprint density at radius 1 is 1.20 bits per heavy atom. The number of carbonyl (C=O) groups is 1. The molecule has 0 atom stereocenters. The normalized spacial score (nSPS) is 10.3. The summed E-state index contributed by atoms with van der Waals surface area (Å²) in [5, 5.41) is 6.40. The predicted molar refractivity (Wildman–Crippen MR) is 83.8 cm³/mol. The molecule has 10 nitrogen and oxygen atoms in total. The molecule has 0 spiro atoms. The fourth-order valence-electron chi connectivity index (χ4n) is 1.92. The van der Waals surface area contributed by atoms with Gasteiger partial charge in [0.1, 0.15) is 0 Å². The molecule has 3 aromatic heterocycles. The summed E-state index contributed by atoms with van der Waals surface area (Å²) < 4.78 is 15.1. The Labute approximate surface area is 142 Å². The van der Waals surface area contributed by atoms with E-state index in [9.17, 15) is 4.79 Å². The number of hydrogen-bond acceptors (Lipinski definition) is 9. The maximum absolute atomic E-state index is 12.2. The van der Waals surface area contributed by atoms with E-state index in [-0.39, 0.29) is 30.1 Å². The summed E-state index contributed by atoms with van der Waals surface area (Å²) in [5.41, 5.74) is 0.854. The summed E-state index contributed by atoms with van der Waals surface area (Å²) in [6, 6.07) is 5.28. The molecule has 10 heteroatoms. The number of nitrogens with zero attached hydrogens (tertiary/aromatic N) is 5. The van der Waals surface area contributed by atoms with E-state index in [1.54, 1.807) is 24.5 Å². The molecule has 25 heavy (non-hydrogen) atoms. The van der Waals surface area contributed by atoms with Crippen LogP contribution in [0.4, 0.5) is 0 Å². The molecule has 1 N–H and O–H groups in total. The van der Waals surface area contributed by atoms with E-state index in [0.29, 0.717) is 5.76 Å². The molecule has 0 saturated heterocycles. The van der Waals surface area contributed by atoms with Crippen molar-refractivity contribution in [1.82, 2.24) is 30.4 Å². The van der Waals surface area contributed by atoms with Crippen LogP contribution in [-0.4, -0.2) is 45.2 Å². The van der Waals surface area contributed by atoms with E-state index >= 15 is 0 Å². The average Bonchev–Trinajstić information content (AvgIpc) is 3.16. The van der Waals surface area contributed by atoms with Gasteiger partial charge in [-0.05, 0) is 12.1 Å². The number of rotatable bonds is 6. The number of hydrogen-bond donors (Lipinski definition) is 1. The first-order valence-corrected chi connectivity index (χ1v) is 7.18. The molecule has 0 bridgehead atoms. The van der Waals surface area contributed by atoms with Gasteiger partial charge in [-0.2, -0.15) is 9.97 Å². The highest BCUT2D eigenvalue weighted by atomic mass is 16.5. The molecule has 3 aromatic rings. The van der Waals surface area contributed by atoms with Crippen LogP contribution in [0.3, 0.4) is 0 Å². The smallest absolute Gasteiger partial charge is 0.322 e. The second-order valence-electron chi connectivity index (χ2n) is 4.73. The Morgan fingerprint density at radius 3 is 2.60 bits per heavy atom. The molecule has 0 aliphatic rings. The number of ether oxygens (including phenoxy) is 2. The largest absolute Gasteiger partial charge is 0.467 e. The molecule has 0 radical (unpaired) electrons. The molecular formula is C15H14N6O4. The zero-order chi connectivity index (χ0) is 17.6. The number of carbonyl (C=O) groups excluding carboxylic acids is 1. The third-order valence-electron chi connectivity index (χ3n) is 3.10. The highest BCUT2D eigenvalue weighted by Crippen LogP contribution is 2.18. The summed E-state index contributed by atoms with van der Waals surface area (Å²) in [5.74, 6) is 0.298. The molecule has 0 aliphatic carbocycles. The first-order valence-electron chi connectivity index (χ1n) is 7.18. The lowest BCUT2D eigenvalue weighted by atomic mass is 10.2. The van der Waals surface area contributed by atoms with Crippen LogP contribution in [0.25, 0.3) is 11.3 Å². The standard InChI is InChI=1S/C15H14N6O4/c1-23-14-18-12(19-15(20-14)24-2)8-17-13(22)10-6-11(25-21-10)9-4-3-5-16-7-9/h3-7H,8H2,1-2H3,(H,17,22). The Bertz CT molecular complexity index is 845. The fraction of sp³-hybridized carbons (Fsp3) is 0.200. The van der Waals surface area contributed by atoms with Crippen molar-refractivity contribution in [3.05, 3.63) is 42.1 Å². The number of nitrogens with one attached hydrogen (secondary N) is 1. The van der Waals surface area contributed by atoms with Gasteiger partial charge in [-0.15, -0.1) is 4.98 Å². The molecule has 3 rings (SSSR count). The Balaban J connectivity index is 1.68. The first kappa shape index (κ1) is 16.3. The van der Waals surface area contributed by atoms with Crippen molar-refractivity contribution in [2.45, 2.75) is 6.54 Å². The molecule has 3 heterocycles. The van der Waals surface area contributed by atoms with Gasteiger partial charge in [0.05, 0.1) is 20.8 Å². The van der Waals surface area contributed by atoms with Crippen LogP contribution in [-0.2, 0) is 6.54 Å². The summed E-state index contributed by atoms with van der Waals surface area (Å²) in [6.07, 6.45) is 3.26. The molecule has 0 unspecified atom stereocenters. The van der Waals surface area contributed by atoms with E-state index in [2.05, 4.69) is 30.4 Å². The van der Waals surface area contributed by atoms with Crippen molar-refractivity contribution in [2.75, 3.05) is 14.2 Å². The summed E-state index contributed by atoms with van der Waals surface area (Å²) in [7, 11) is 2.85. The predicted octanol–water partition coefficient (Wildman–Crippen LogP) is 0.869. The zero-order valence-electron chi connectivity index (χ0n) is 13.5. The SMILES string of the molecule is COc1nc(CNC(=O)c2cc(-c3cccnc3)on2)nc(OC)n1. The maximum atomic E-state index is 12.2. The van der Waals surface area contributed by atoms with E-state index in [1.807, 2.05) is 0 Å². The monoisotopic (exact) mass is 342 g/mol. The molecule has 0 aliphatic heterocycles.